The Morgan fingerprint density at radius 2 is 1.66 bits per heavy atom. The van der Waals surface area contributed by atoms with E-state index < -0.39 is 24.3 Å². The first-order valence-electron chi connectivity index (χ1n) is 10.2. The second kappa shape index (κ2) is 12.7. The molecule has 0 saturated carbocycles. The molecule has 2 aliphatic rings. The van der Waals surface area contributed by atoms with Gasteiger partial charge in [-0.15, -0.1) is 0 Å². The first-order valence-corrected chi connectivity index (χ1v) is 10.2. The highest BCUT2D eigenvalue weighted by Gasteiger charge is 2.40. The van der Waals surface area contributed by atoms with Crippen LogP contribution >= 0.6 is 0 Å². The van der Waals surface area contributed by atoms with Crippen molar-refractivity contribution in [2.24, 2.45) is 5.41 Å². The standard InChI is InChI=1S/C17H23N3O.2C2HF3O2/c1-19-6-5-17(12-19)13-20(7-8-21-14-17)11-16-4-2-3-15(9-16)10-18;2*3-2(4,5)1(6)7/h2-4,9H,5-8,11-14H2,1H3;2*(H,6,7). The van der Waals surface area contributed by atoms with E-state index in [4.69, 9.17) is 29.8 Å². The SMILES string of the molecule is CN1CCC2(COCCN(Cc3cccc(C#N)c3)C2)C1.O=C(O)C(F)(F)F.O=C(O)C(F)(F)F. The Bertz CT molecular complexity index is 879. The van der Waals surface area contributed by atoms with Crippen LogP contribution in [-0.2, 0) is 20.9 Å². The fraction of sp³-hybridized carbons (Fsp3) is 0.571. The Morgan fingerprint density at radius 1 is 1.09 bits per heavy atom. The van der Waals surface area contributed by atoms with E-state index in [1.165, 1.54) is 18.5 Å². The van der Waals surface area contributed by atoms with Crippen molar-refractivity contribution in [1.82, 2.24) is 9.80 Å². The number of ether oxygens (including phenoxy) is 1. The highest BCUT2D eigenvalue weighted by atomic mass is 19.4. The molecule has 0 bridgehead atoms. The summed E-state index contributed by atoms with van der Waals surface area (Å²) in [6.07, 6.45) is -8.95. The van der Waals surface area contributed by atoms with Gasteiger partial charge in [0.2, 0.25) is 0 Å². The van der Waals surface area contributed by atoms with Crippen molar-refractivity contribution in [1.29, 1.82) is 5.26 Å². The molecule has 8 nitrogen and oxygen atoms in total. The van der Waals surface area contributed by atoms with Crippen molar-refractivity contribution in [3.63, 3.8) is 0 Å². The van der Waals surface area contributed by atoms with Gasteiger partial charge in [0.05, 0.1) is 24.8 Å². The van der Waals surface area contributed by atoms with Gasteiger partial charge in [-0.1, -0.05) is 12.1 Å². The topological polar surface area (TPSA) is 114 Å². The quantitative estimate of drug-likeness (QED) is 0.581. The fourth-order valence-electron chi connectivity index (χ4n) is 3.62. The molecule has 2 heterocycles. The maximum Gasteiger partial charge on any atom is 0.490 e. The van der Waals surface area contributed by atoms with Gasteiger partial charge in [-0.25, -0.2) is 9.59 Å². The molecule has 1 spiro atoms. The molecular weight excluding hydrogens is 488 g/mol. The average molecular weight is 513 g/mol. The highest BCUT2D eigenvalue weighted by Crippen LogP contribution is 2.33. The largest absolute Gasteiger partial charge is 0.490 e. The number of nitrogens with zero attached hydrogens (tertiary/aromatic N) is 3. The Labute approximate surface area is 197 Å². The molecule has 0 aliphatic carbocycles. The Kier molecular flexibility index (Phi) is 10.9. The van der Waals surface area contributed by atoms with Crippen LogP contribution in [0.5, 0.6) is 0 Å². The molecule has 2 aliphatic heterocycles. The molecule has 35 heavy (non-hydrogen) atoms. The molecule has 2 fully saturated rings. The van der Waals surface area contributed by atoms with Gasteiger partial charge >= 0.3 is 24.3 Å². The van der Waals surface area contributed by atoms with Crippen molar-refractivity contribution >= 4 is 11.9 Å². The van der Waals surface area contributed by atoms with E-state index in [-0.39, 0.29) is 5.41 Å². The van der Waals surface area contributed by atoms with E-state index >= 15 is 0 Å². The van der Waals surface area contributed by atoms with Crippen molar-refractivity contribution in [2.45, 2.75) is 25.3 Å². The monoisotopic (exact) mass is 513 g/mol. The summed E-state index contributed by atoms with van der Waals surface area (Å²) in [5, 5.41) is 23.3. The first kappa shape index (κ1) is 30.1. The number of likely N-dealkylation sites (tertiary alicyclic amines) is 1. The van der Waals surface area contributed by atoms with Crippen molar-refractivity contribution < 1.29 is 50.9 Å². The molecule has 2 N–H and O–H groups in total. The van der Waals surface area contributed by atoms with Crippen LogP contribution in [0.3, 0.4) is 0 Å². The van der Waals surface area contributed by atoms with Crippen LogP contribution in [0.25, 0.3) is 0 Å². The van der Waals surface area contributed by atoms with E-state index in [9.17, 15) is 26.3 Å². The van der Waals surface area contributed by atoms with Gasteiger partial charge in [-0.3, -0.25) is 4.90 Å². The van der Waals surface area contributed by atoms with E-state index in [1.807, 2.05) is 18.2 Å². The number of carboxylic acids is 2. The predicted molar refractivity (Wildman–Crippen MR) is 109 cm³/mol. The highest BCUT2D eigenvalue weighted by molar-refractivity contribution is 5.73. The molecule has 1 unspecified atom stereocenters. The van der Waals surface area contributed by atoms with Gasteiger partial charge in [-0.2, -0.15) is 31.6 Å². The van der Waals surface area contributed by atoms with Crippen LogP contribution < -0.4 is 0 Å². The van der Waals surface area contributed by atoms with Gasteiger partial charge in [0, 0.05) is 31.6 Å². The average Bonchev–Trinajstić information content (AvgIpc) is 2.99. The lowest BCUT2D eigenvalue weighted by Crippen LogP contribution is -2.40. The van der Waals surface area contributed by atoms with Crippen molar-refractivity contribution in [2.75, 3.05) is 46.4 Å². The van der Waals surface area contributed by atoms with Crippen LogP contribution in [0.1, 0.15) is 17.5 Å². The number of hydrogen-bond donors (Lipinski definition) is 2. The van der Waals surface area contributed by atoms with E-state index in [0.717, 1.165) is 45.0 Å². The molecule has 0 aromatic heterocycles. The van der Waals surface area contributed by atoms with Gasteiger partial charge in [0.1, 0.15) is 0 Å². The lowest BCUT2D eigenvalue weighted by molar-refractivity contribution is -0.193. The number of alkyl halides is 6. The zero-order valence-corrected chi connectivity index (χ0v) is 18.7. The number of nitriles is 1. The second-order valence-electron chi connectivity index (χ2n) is 8.17. The fourth-order valence-corrected chi connectivity index (χ4v) is 3.62. The minimum absolute atomic E-state index is 0.290. The summed E-state index contributed by atoms with van der Waals surface area (Å²) in [5.74, 6) is -5.51. The molecule has 1 atom stereocenters. The zero-order valence-electron chi connectivity index (χ0n) is 18.7. The number of hydrogen-bond acceptors (Lipinski definition) is 6. The molecule has 196 valence electrons. The first-order chi connectivity index (χ1) is 16.1. The lowest BCUT2D eigenvalue weighted by atomic mass is 9.87. The van der Waals surface area contributed by atoms with E-state index in [0.29, 0.717) is 0 Å². The molecular formula is C21H25F6N3O5. The van der Waals surface area contributed by atoms with Gasteiger partial charge < -0.3 is 19.8 Å². The summed E-state index contributed by atoms with van der Waals surface area (Å²) < 4.78 is 69.3. The molecule has 0 amide bonds. The number of benzene rings is 1. The number of carbonyl (C=O) groups is 2. The van der Waals surface area contributed by atoms with Gasteiger partial charge in [0.25, 0.3) is 0 Å². The minimum Gasteiger partial charge on any atom is -0.475 e. The summed E-state index contributed by atoms with van der Waals surface area (Å²) in [4.78, 5) is 22.7. The van der Waals surface area contributed by atoms with E-state index in [2.05, 4.69) is 29.0 Å². The number of halogens is 6. The molecule has 1 aromatic carbocycles. The number of aliphatic carboxylic acids is 2. The third-order valence-electron chi connectivity index (χ3n) is 5.10. The molecule has 14 heteroatoms. The zero-order chi connectivity index (χ0) is 26.9. The molecule has 3 rings (SSSR count). The van der Waals surface area contributed by atoms with E-state index in [1.54, 1.807) is 0 Å². The normalized spacial score (nSPS) is 21.1. The van der Waals surface area contributed by atoms with Crippen LogP contribution in [0, 0.1) is 16.7 Å². The third kappa shape index (κ3) is 10.9. The predicted octanol–water partition coefficient (Wildman–Crippen LogP) is 2.98. The number of rotatable bonds is 2. The van der Waals surface area contributed by atoms with Gasteiger partial charge in [-0.05, 0) is 37.7 Å². The van der Waals surface area contributed by atoms with Crippen LogP contribution in [0.2, 0.25) is 0 Å². The maximum atomic E-state index is 10.6. The molecule has 0 radical (unpaired) electrons. The summed E-state index contributed by atoms with van der Waals surface area (Å²) >= 11 is 0. The Hall–Kier alpha value is -2.89. The Morgan fingerprint density at radius 3 is 2.11 bits per heavy atom. The second-order valence-corrected chi connectivity index (χ2v) is 8.17. The summed E-state index contributed by atoms with van der Waals surface area (Å²) in [6.45, 7) is 6.96. The van der Waals surface area contributed by atoms with Crippen LogP contribution in [0.15, 0.2) is 24.3 Å². The van der Waals surface area contributed by atoms with Crippen LogP contribution in [-0.4, -0.2) is 90.7 Å². The third-order valence-corrected chi connectivity index (χ3v) is 5.10. The molecule has 2 saturated heterocycles. The smallest absolute Gasteiger partial charge is 0.475 e. The maximum absolute atomic E-state index is 10.6. The number of carboxylic acid groups (broad SMARTS) is 2. The van der Waals surface area contributed by atoms with Crippen molar-refractivity contribution in [3.05, 3.63) is 35.4 Å². The summed E-state index contributed by atoms with van der Waals surface area (Å²) in [5.41, 5.74) is 2.25. The van der Waals surface area contributed by atoms with Gasteiger partial charge in [0.15, 0.2) is 0 Å². The molecule has 1 aromatic rings. The van der Waals surface area contributed by atoms with Crippen molar-refractivity contribution in [3.8, 4) is 6.07 Å². The summed E-state index contributed by atoms with van der Waals surface area (Å²) in [7, 11) is 2.19. The minimum atomic E-state index is -5.08. The Balaban J connectivity index is 0.000000362. The lowest BCUT2D eigenvalue weighted by Gasteiger charge is -2.31. The summed E-state index contributed by atoms with van der Waals surface area (Å²) in [6, 6.07) is 10.2. The van der Waals surface area contributed by atoms with Crippen LogP contribution in [0.4, 0.5) is 26.3 Å².